The van der Waals surface area contributed by atoms with Crippen molar-refractivity contribution < 1.29 is 4.74 Å². The molecule has 3 nitrogen and oxygen atoms in total. The second-order valence-electron chi connectivity index (χ2n) is 6.72. The lowest BCUT2D eigenvalue weighted by atomic mass is 9.88. The fourth-order valence-corrected chi connectivity index (χ4v) is 3.72. The van der Waals surface area contributed by atoms with Gasteiger partial charge in [0.25, 0.3) is 0 Å². The Balaban J connectivity index is 1.90. The van der Waals surface area contributed by atoms with E-state index in [0.717, 1.165) is 31.9 Å². The van der Waals surface area contributed by atoms with Gasteiger partial charge in [-0.2, -0.15) is 0 Å². The van der Waals surface area contributed by atoms with Crippen LogP contribution in [0, 0.1) is 0 Å². The SMILES string of the molecule is CCC1CNC(C)(CC)CN1C1CCOc2ccccc21. The number of ether oxygens (including phenoxy) is 1. The summed E-state index contributed by atoms with van der Waals surface area (Å²) < 4.78 is 5.85. The van der Waals surface area contributed by atoms with Crippen molar-refractivity contribution in [1.82, 2.24) is 10.2 Å². The summed E-state index contributed by atoms with van der Waals surface area (Å²) in [6.07, 6.45) is 3.48. The lowest BCUT2D eigenvalue weighted by Gasteiger charge is -2.50. The van der Waals surface area contributed by atoms with Crippen molar-refractivity contribution in [2.24, 2.45) is 0 Å². The van der Waals surface area contributed by atoms with E-state index >= 15 is 0 Å². The number of hydrogen-bond donors (Lipinski definition) is 1. The average molecular weight is 288 g/mol. The van der Waals surface area contributed by atoms with Crippen LogP contribution in [-0.2, 0) is 0 Å². The molecule has 3 rings (SSSR count). The highest BCUT2D eigenvalue weighted by atomic mass is 16.5. The van der Waals surface area contributed by atoms with Crippen LogP contribution in [-0.4, -0.2) is 36.2 Å². The normalized spacial score (nSPS) is 33.3. The topological polar surface area (TPSA) is 24.5 Å². The summed E-state index contributed by atoms with van der Waals surface area (Å²) in [7, 11) is 0. The maximum Gasteiger partial charge on any atom is 0.124 e. The first-order valence-electron chi connectivity index (χ1n) is 8.39. The fraction of sp³-hybridized carbons (Fsp3) is 0.667. The predicted molar refractivity (Wildman–Crippen MR) is 86.8 cm³/mol. The van der Waals surface area contributed by atoms with Crippen LogP contribution in [0.25, 0.3) is 0 Å². The van der Waals surface area contributed by atoms with Crippen LogP contribution in [0.1, 0.15) is 51.6 Å². The first-order valence-corrected chi connectivity index (χ1v) is 8.39. The van der Waals surface area contributed by atoms with Crippen molar-refractivity contribution in [2.45, 2.75) is 57.7 Å². The summed E-state index contributed by atoms with van der Waals surface area (Å²) in [5.74, 6) is 1.08. The molecule has 0 aromatic heterocycles. The minimum Gasteiger partial charge on any atom is -0.493 e. The van der Waals surface area contributed by atoms with Crippen LogP contribution < -0.4 is 10.1 Å². The predicted octanol–water partition coefficient (Wildman–Crippen LogP) is 3.36. The van der Waals surface area contributed by atoms with Gasteiger partial charge in [-0.15, -0.1) is 0 Å². The van der Waals surface area contributed by atoms with E-state index in [9.17, 15) is 0 Å². The van der Waals surface area contributed by atoms with Crippen LogP contribution in [0.2, 0.25) is 0 Å². The lowest BCUT2D eigenvalue weighted by molar-refractivity contribution is 0.0266. The van der Waals surface area contributed by atoms with E-state index in [1.54, 1.807) is 0 Å². The Morgan fingerprint density at radius 1 is 1.33 bits per heavy atom. The molecule has 0 radical (unpaired) electrons. The molecule has 3 atom stereocenters. The Morgan fingerprint density at radius 2 is 2.14 bits per heavy atom. The summed E-state index contributed by atoms with van der Waals surface area (Å²) in [6, 6.07) is 9.71. The lowest BCUT2D eigenvalue weighted by Crippen LogP contribution is -2.63. The number of para-hydroxylation sites is 1. The number of nitrogens with one attached hydrogen (secondary N) is 1. The molecule has 0 spiro atoms. The van der Waals surface area contributed by atoms with E-state index in [1.165, 1.54) is 18.4 Å². The maximum absolute atomic E-state index is 5.85. The molecule has 21 heavy (non-hydrogen) atoms. The van der Waals surface area contributed by atoms with E-state index < -0.39 is 0 Å². The molecule has 0 aliphatic carbocycles. The number of hydrogen-bond acceptors (Lipinski definition) is 3. The first kappa shape index (κ1) is 14.9. The van der Waals surface area contributed by atoms with Crippen molar-refractivity contribution in [1.29, 1.82) is 0 Å². The van der Waals surface area contributed by atoms with Crippen LogP contribution >= 0.6 is 0 Å². The van der Waals surface area contributed by atoms with E-state index in [1.807, 2.05) is 0 Å². The highest BCUT2D eigenvalue weighted by molar-refractivity contribution is 5.37. The van der Waals surface area contributed by atoms with Crippen molar-refractivity contribution in [2.75, 3.05) is 19.7 Å². The molecule has 1 N–H and O–H groups in total. The standard InChI is InChI=1S/C18H28N2O/c1-4-14-12-19-18(3,5-2)13-20(14)16-10-11-21-17-9-7-6-8-15(16)17/h6-9,14,16,19H,4-5,10-13H2,1-3H3. The Hall–Kier alpha value is -1.06. The third kappa shape index (κ3) is 2.82. The molecule has 0 bridgehead atoms. The largest absolute Gasteiger partial charge is 0.493 e. The second kappa shape index (κ2) is 5.98. The third-order valence-corrected chi connectivity index (χ3v) is 5.34. The van der Waals surface area contributed by atoms with Crippen molar-refractivity contribution in [3.8, 4) is 5.75 Å². The Morgan fingerprint density at radius 3 is 2.90 bits per heavy atom. The van der Waals surface area contributed by atoms with Gasteiger partial charge in [0, 0.05) is 42.7 Å². The highest BCUT2D eigenvalue weighted by Crippen LogP contribution is 2.39. The van der Waals surface area contributed by atoms with Gasteiger partial charge in [0.2, 0.25) is 0 Å². The van der Waals surface area contributed by atoms with Gasteiger partial charge in [0.05, 0.1) is 6.61 Å². The second-order valence-corrected chi connectivity index (χ2v) is 6.72. The molecule has 2 heterocycles. The summed E-state index contributed by atoms with van der Waals surface area (Å²) in [5, 5.41) is 3.77. The molecule has 1 aromatic carbocycles. The molecule has 1 saturated heterocycles. The molecule has 0 amide bonds. The smallest absolute Gasteiger partial charge is 0.124 e. The Kier molecular flexibility index (Phi) is 4.23. The Labute approximate surface area is 128 Å². The molecule has 3 unspecified atom stereocenters. The summed E-state index contributed by atoms with van der Waals surface area (Å²) in [5.41, 5.74) is 1.61. The van der Waals surface area contributed by atoms with Crippen molar-refractivity contribution in [3.05, 3.63) is 29.8 Å². The minimum atomic E-state index is 0.235. The van der Waals surface area contributed by atoms with E-state index in [4.69, 9.17) is 4.74 Å². The number of benzene rings is 1. The summed E-state index contributed by atoms with van der Waals surface area (Å²) in [4.78, 5) is 2.74. The van der Waals surface area contributed by atoms with E-state index in [0.29, 0.717) is 12.1 Å². The zero-order valence-electron chi connectivity index (χ0n) is 13.6. The first-order chi connectivity index (χ1) is 10.2. The van der Waals surface area contributed by atoms with E-state index in [2.05, 4.69) is 55.3 Å². The van der Waals surface area contributed by atoms with Crippen LogP contribution in [0.3, 0.4) is 0 Å². The van der Waals surface area contributed by atoms with Crippen molar-refractivity contribution in [3.63, 3.8) is 0 Å². The van der Waals surface area contributed by atoms with E-state index in [-0.39, 0.29) is 5.54 Å². The van der Waals surface area contributed by atoms with Crippen molar-refractivity contribution >= 4 is 0 Å². The Bertz CT molecular complexity index is 490. The highest BCUT2D eigenvalue weighted by Gasteiger charge is 2.39. The van der Waals surface area contributed by atoms with Gasteiger partial charge < -0.3 is 10.1 Å². The van der Waals surface area contributed by atoms with Gasteiger partial charge in [0.15, 0.2) is 0 Å². The number of nitrogens with zero attached hydrogens (tertiary/aromatic N) is 1. The van der Waals surface area contributed by atoms with Crippen LogP contribution in [0.15, 0.2) is 24.3 Å². The zero-order chi connectivity index (χ0) is 14.9. The third-order valence-electron chi connectivity index (χ3n) is 5.34. The molecule has 2 aliphatic heterocycles. The van der Waals surface area contributed by atoms with Gasteiger partial charge in [-0.25, -0.2) is 0 Å². The van der Waals surface area contributed by atoms with Gasteiger partial charge in [-0.3, -0.25) is 4.90 Å². The molecule has 3 heteroatoms. The van der Waals surface area contributed by atoms with Gasteiger partial charge in [-0.05, 0) is 25.8 Å². The van der Waals surface area contributed by atoms with Crippen LogP contribution in [0.5, 0.6) is 5.75 Å². The molecule has 1 aromatic rings. The minimum absolute atomic E-state index is 0.235. The molecule has 0 saturated carbocycles. The van der Waals surface area contributed by atoms with Gasteiger partial charge in [-0.1, -0.05) is 32.0 Å². The molecular weight excluding hydrogens is 260 g/mol. The average Bonchev–Trinajstić information content (AvgIpc) is 2.54. The maximum atomic E-state index is 5.85. The summed E-state index contributed by atoms with van der Waals surface area (Å²) >= 11 is 0. The number of rotatable bonds is 3. The number of piperazine rings is 1. The monoisotopic (exact) mass is 288 g/mol. The van der Waals surface area contributed by atoms with Gasteiger partial charge >= 0.3 is 0 Å². The molecular formula is C18H28N2O. The molecule has 116 valence electrons. The quantitative estimate of drug-likeness (QED) is 0.923. The molecule has 1 fully saturated rings. The molecule has 2 aliphatic rings. The zero-order valence-corrected chi connectivity index (χ0v) is 13.6. The van der Waals surface area contributed by atoms with Gasteiger partial charge in [0.1, 0.15) is 5.75 Å². The number of fused-ring (bicyclic) bond motifs is 1. The van der Waals surface area contributed by atoms with Crippen LogP contribution in [0.4, 0.5) is 0 Å². The summed E-state index contributed by atoms with van der Waals surface area (Å²) in [6.45, 7) is 10.0. The fourth-order valence-electron chi connectivity index (χ4n) is 3.72.